The van der Waals surface area contributed by atoms with Gasteiger partial charge in [0, 0.05) is 30.4 Å². The van der Waals surface area contributed by atoms with Crippen molar-refractivity contribution < 1.29 is 19.7 Å². The molecule has 0 fully saturated rings. The summed E-state index contributed by atoms with van der Waals surface area (Å²) in [6.45, 7) is 0. The van der Waals surface area contributed by atoms with Crippen LogP contribution in [0.3, 0.4) is 0 Å². The number of ether oxygens (including phenoxy) is 2. The SMILES string of the molecule is COc1c(O)ccc2ccc3c4c(c(Cl)cc3c12)CC(O)C(OC)C4. The highest BCUT2D eigenvalue weighted by molar-refractivity contribution is 6.33. The topological polar surface area (TPSA) is 58.9 Å². The van der Waals surface area contributed by atoms with Gasteiger partial charge in [-0.15, -0.1) is 0 Å². The zero-order chi connectivity index (χ0) is 17.7. The molecule has 0 heterocycles. The van der Waals surface area contributed by atoms with Gasteiger partial charge >= 0.3 is 0 Å². The van der Waals surface area contributed by atoms with Crippen molar-refractivity contribution in [1.82, 2.24) is 0 Å². The summed E-state index contributed by atoms with van der Waals surface area (Å²) in [5, 5.41) is 24.8. The number of fused-ring (bicyclic) bond motifs is 5. The van der Waals surface area contributed by atoms with Crippen LogP contribution in [0.1, 0.15) is 11.1 Å². The van der Waals surface area contributed by atoms with Crippen molar-refractivity contribution in [3.63, 3.8) is 0 Å². The summed E-state index contributed by atoms with van der Waals surface area (Å²) in [6.07, 6.45) is 0.247. The zero-order valence-corrected chi connectivity index (χ0v) is 14.8. The molecule has 2 atom stereocenters. The maximum atomic E-state index is 10.3. The molecule has 2 unspecified atom stereocenters. The number of phenols is 1. The van der Waals surface area contributed by atoms with Gasteiger partial charge in [0.25, 0.3) is 0 Å². The minimum absolute atomic E-state index is 0.0986. The number of aromatic hydroxyl groups is 1. The summed E-state index contributed by atoms with van der Waals surface area (Å²) >= 11 is 6.56. The number of hydrogen-bond donors (Lipinski definition) is 2. The standard InChI is InChI=1S/C20H19ClO4/c1-24-18-9-12-11-5-3-10-4-6-16(22)20(25-2)19(10)14(11)7-15(21)13(12)8-17(18)23/h3-7,17-18,22-23H,8-9H2,1-2H3. The van der Waals surface area contributed by atoms with Gasteiger partial charge in [0.2, 0.25) is 0 Å². The first-order valence-corrected chi connectivity index (χ1v) is 8.56. The third kappa shape index (κ3) is 2.44. The van der Waals surface area contributed by atoms with Crippen molar-refractivity contribution in [2.24, 2.45) is 0 Å². The van der Waals surface area contributed by atoms with Crippen LogP contribution in [-0.2, 0) is 17.6 Å². The van der Waals surface area contributed by atoms with E-state index >= 15 is 0 Å². The van der Waals surface area contributed by atoms with Crippen LogP contribution in [-0.4, -0.2) is 36.6 Å². The quantitative estimate of drug-likeness (QED) is 0.683. The van der Waals surface area contributed by atoms with E-state index in [1.807, 2.05) is 18.2 Å². The molecule has 0 bridgehead atoms. The van der Waals surface area contributed by atoms with Gasteiger partial charge in [-0.25, -0.2) is 0 Å². The van der Waals surface area contributed by atoms with E-state index in [1.165, 1.54) is 0 Å². The lowest BCUT2D eigenvalue weighted by Gasteiger charge is -2.30. The number of halogens is 1. The Morgan fingerprint density at radius 2 is 1.80 bits per heavy atom. The minimum Gasteiger partial charge on any atom is -0.504 e. The second-order valence-corrected chi connectivity index (χ2v) is 6.85. The number of phenolic OH excluding ortho intramolecular Hbond substituents is 1. The number of rotatable bonds is 2. The smallest absolute Gasteiger partial charge is 0.168 e. The van der Waals surface area contributed by atoms with Crippen molar-refractivity contribution in [2.75, 3.05) is 14.2 Å². The molecule has 3 aromatic carbocycles. The molecule has 25 heavy (non-hydrogen) atoms. The van der Waals surface area contributed by atoms with Crippen LogP contribution in [0.2, 0.25) is 5.02 Å². The van der Waals surface area contributed by atoms with Crippen LogP contribution < -0.4 is 4.74 Å². The van der Waals surface area contributed by atoms with Gasteiger partial charge in [-0.05, 0) is 39.4 Å². The largest absolute Gasteiger partial charge is 0.504 e. The molecule has 0 saturated heterocycles. The van der Waals surface area contributed by atoms with E-state index < -0.39 is 6.10 Å². The molecule has 0 saturated carbocycles. The third-order valence-corrected chi connectivity index (χ3v) is 5.50. The number of benzene rings is 3. The zero-order valence-electron chi connectivity index (χ0n) is 14.0. The van der Waals surface area contributed by atoms with E-state index in [1.54, 1.807) is 20.3 Å². The van der Waals surface area contributed by atoms with Crippen molar-refractivity contribution in [3.05, 3.63) is 46.5 Å². The van der Waals surface area contributed by atoms with Crippen LogP contribution in [0.25, 0.3) is 21.5 Å². The van der Waals surface area contributed by atoms with Gasteiger partial charge in [-0.2, -0.15) is 0 Å². The Morgan fingerprint density at radius 3 is 2.52 bits per heavy atom. The van der Waals surface area contributed by atoms with Crippen molar-refractivity contribution in [2.45, 2.75) is 25.0 Å². The first-order chi connectivity index (χ1) is 12.0. The molecular formula is C20H19ClO4. The Labute approximate surface area is 150 Å². The molecule has 1 aliphatic rings. The predicted octanol–water partition coefficient (Wildman–Crippen LogP) is 3.84. The number of aliphatic hydroxyl groups excluding tert-OH is 1. The van der Waals surface area contributed by atoms with Crippen LogP contribution in [0.4, 0.5) is 0 Å². The van der Waals surface area contributed by atoms with Gasteiger partial charge in [-0.1, -0.05) is 29.8 Å². The highest BCUT2D eigenvalue weighted by atomic mass is 35.5. The van der Waals surface area contributed by atoms with E-state index in [0.29, 0.717) is 23.6 Å². The molecule has 0 spiro atoms. The van der Waals surface area contributed by atoms with Gasteiger partial charge in [0.05, 0.1) is 19.3 Å². The molecule has 130 valence electrons. The molecule has 3 aromatic rings. The Kier molecular flexibility index (Phi) is 3.99. The fourth-order valence-corrected chi connectivity index (χ4v) is 4.21. The molecule has 0 amide bonds. The summed E-state index contributed by atoms with van der Waals surface area (Å²) in [5.74, 6) is 0.541. The number of hydrogen-bond acceptors (Lipinski definition) is 4. The molecular weight excluding hydrogens is 340 g/mol. The van der Waals surface area contributed by atoms with Crippen molar-refractivity contribution in [3.8, 4) is 11.5 Å². The van der Waals surface area contributed by atoms with Gasteiger partial charge in [0.15, 0.2) is 11.5 Å². The van der Waals surface area contributed by atoms with Crippen LogP contribution in [0, 0.1) is 0 Å². The summed E-state index contributed by atoms with van der Waals surface area (Å²) in [4.78, 5) is 0. The number of methoxy groups -OCH3 is 2. The maximum absolute atomic E-state index is 10.3. The minimum atomic E-state index is -0.563. The molecule has 0 aliphatic heterocycles. The van der Waals surface area contributed by atoms with Crippen molar-refractivity contribution >= 4 is 33.1 Å². The van der Waals surface area contributed by atoms with Crippen LogP contribution in [0.15, 0.2) is 30.3 Å². The number of aliphatic hydroxyl groups is 1. The van der Waals surface area contributed by atoms with Gasteiger partial charge in [0.1, 0.15) is 0 Å². The molecule has 5 heteroatoms. The average Bonchev–Trinajstić information content (AvgIpc) is 2.61. The van der Waals surface area contributed by atoms with Crippen LogP contribution >= 0.6 is 11.6 Å². The van der Waals surface area contributed by atoms with Crippen LogP contribution in [0.5, 0.6) is 11.5 Å². The highest BCUT2D eigenvalue weighted by Gasteiger charge is 2.30. The summed E-state index contributed by atoms with van der Waals surface area (Å²) in [7, 11) is 3.16. The second kappa shape index (κ2) is 6.06. The fourth-order valence-electron chi connectivity index (χ4n) is 3.91. The van der Waals surface area contributed by atoms with Gasteiger partial charge < -0.3 is 19.7 Å². The van der Waals surface area contributed by atoms with Crippen molar-refractivity contribution in [1.29, 1.82) is 0 Å². The molecule has 0 radical (unpaired) electrons. The van der Waals surface area contributed by atoms with E-state index in [9.17, 15) is 10.2 Å². The third-order valence-electron chi connectivity index (χ3n) is 5.16. The normalized spacial score (nSPS) is 20.0. The summed E-state index contributed by atoms with van der Waals surface area (Å²) in [6, 6.07) is 9.47. The monoisotopic (exact) mass is 358 g/mol. The lowest BCUT2D eigenvalue weighted by Crippen LogP contribution is -2.36. The Balaban J connectivity index is 2.10. The Morgan fingerprint density at radius 1 is 1.04 bits per heavy atom. The second-order valence-electron chi connectivity index (χ2n) is 6.44. The summed E-state index contributed by atoms with van der Waals surface area (Å²) in [5.41, 5.74) is 2.06. The fraction of sp³-hybridized carbons (Fsp3) is 0.300. The maximum Gasteiger partial charge on any atom is 0.168 e. The molecule has 2 N–H and O–H groups in total. The first-order valence-electron chi connectivity index (χ1n) is 8.18. The Hall–Kier alpha value is -2.01. The molecule has 1 aliphatic carbocycles. The average molecular weight is 359 g/mol. The molecule has 0 aromatic heterocycles. The lowest BCUT2D eigenvalue weighted by atomic mass is 9.83. The first kappa shape index (κ1) is 16.5. The van der Waals surface area contributed by atoms with E-state index in [4.69, 9.17) is 21.1 Å². The highest BCUT2D eigenvalue weighted by Crippen LogP contribution is 2.43. The Bertz CT molecular complexity index is 983. The summed E-state index contributed by atoms with van der Waals surface area (Å²) < 4.78 is 10.9. The van der Waals surface area contributed by atoms with Gasteiger partial charge in [-0.3, -0.25) is 0 Å². The van der Waals surface area contributed by atoms with E-state index in [0.717, 1.165) is 32.7 Å². The van der Waals surface area contributed by atoms with E-state index in [-0.39, 0.29) is 11.9 Å². The molecule has 4 nitrogen and oxygen atoms in total. The predicted molar refractivity (Wildman–Crippen MR) is 98.9 cm³/mol. The van der Waals surface area contributed by atoms with E-state index in [2.05, 4.69) is 6.07 Å². The lowest BCUT2D eigenvalue weighted by molar-refractivity contribution is -0.0158. The molecule has 4 rings (SSSR count).